The van der Waals surface area contributed by atoms with Gasteiger partial charge in [-0.3, -0.25) is 0 Å². The van der Waals surface area contributed by atoms with Gasteiger partial charge in [-0.1, -0.05) is 12.2 Å². The van der Waals surface area contributed by atoms with Gasteiger partial charge in [-0.25, -0.2) is 4.79 Å². The highest BCUT2D eigenvalue weighted by Crippen LogP contribution is 2.33. The van der Waals surface area contributed by atoms with E-state index in [1.165, 1.54) is 0 Å². The molecule has 2 atom stereocenters. The number of amides is 1. The predicted octanol–water partition coefficient (Wildman–Crippen LogP) is 2.82. The van der Waals surface area contributed by atoms with Crippen LogP contribution in [0.1, 0.15) is 33.6 Å². The van der Waals surface area contributed by atoms with Gasteiger partial charge >= 0.3 is 6.09 Å². The van der Waals surface area contributed by atoms with Crippen molar-refractivity contribution in [1.29, 1.82) is 0 Å². The number of ether oxygens (including phenoxy) is 1. The number of nitrogens with zero attached hydrogens (tertiary/aromatic N) is 1. The Kier molecular flexibility index (Phi) is 2.96. The highest BCUT2D eigenvalue weighted by Gasteiger charge is 2.36. The second-order valence-corrected chi connectivity index (χ2v) is 5.85. The Morgan fingerprint density at radius 3 is 2.12 bits per heavy atom. The molecule has 0 aromatic carbocycles. The Balaban J connectivity index is 1.91. The lowest BCUT2D eigenvalue weighted by Crippen LogP contribution is -2.35. The Morgan fingerprint density at radius 1 is 1.19 bits per heavy atom. The van der Waals surface area contributed by atoms with Gasteiger partial charge in [0.05, 0.1) is 0 Å². The first kappa shape index (κ1) is 11.5. The number of carbonyl (C=O) groups excluding carboxylic acids is 1. The van der Waals surface area contributed by atoms with Crippen LogP contribution in [-0.2, 0) is 4.74 Å². The van der Waals surface area contributed by atoms with E-state index in [1.54, 1.807) is 0 Å². The molecule has 1 amide bonds. The van der Waals surface area contributed by atoms with Crippen molar-refractivity contribution in [3.05, 3.63) is 12.2 Å². The monoisotopic (exact) mass is 223 g/mol. The van der Waals surface area contributed by atoms with E-state index in [-0.39, 0.29) is 11.7 Å². The third-order valence-electron chi connectivity index (χ3n) is 3.27. The van der Waals surface area contributed by atoms with Gasteiger partial charge in [-0.05, 0) is 45.4 Å². The van der Waals surface area contributed by atoms with Gasteiger partial charge in [0.1, 0.15) is 5.60 Å². The Hall–Kier alpha value is -0.990. The normalized spacial score (nSPS) is 29.1. The Labute approximate surface area is 97.5 Å². The maximum Gasteiger partial charge on any atom is 0.410 e. The van der Waals surface area contributed by atoms with Crippen LogP contribution >= 0.6 is 0 Å². The molecule has 1 aliphatic carbocycles. The van der Waals surface area contributed by atoms with Crippen molar-refractivity contribution in [1.82, 2.24) is 4.90 Å². The van der Waals surface area contributed by atoms with Gasteiger partial charge in [0, 0.05) is 13.1 Å². The van der Waals surface area contributed by atoms with E-state index in [9.17, 15) is 4.79 Å². The van der Waals surface area contributed by atoms with E-state index in [4.69, 9.17) is 4.74 Å². The summed E-state index contributed by atoms with van der Waals surface area (Å²) in [6.45, 7) is 7.47. The van der Waals surface area contributed by atoms with E-state index in [0.29, 0.717) is 11.8 Å². The fourth-order valence-corrected chi connectivity index (χ4v) is 2.49. The summed E-state index contributed by atoms with van der Waals surface area (Å²) in [6, 6.07) is 0. The lowest BCUT2D eigenvalue weighted by Gasteiger charge is -2.24. The van der Waals surface area contributed by atoms with Gasteiger partial charge in [0.25, 0.3) is 0 Å². The van der Waals surface area contributed by atoms with Gasteiger partial charge < -0.3 is 9.64 Å². The minimum absolute atomic E-state index is 0.151. The molecular weight excluding hydrogens is 202 g/mol. The number of allylic oxidation sites excluding steroid dienone is 2. The molecule has 2 aliphatic rings. The van der Waals surface area contributed by atoms with E-state index in [1.807, 2.05) is 25.7 Å². The van der Waals surface area contributed by atoms with Crippen LogP contribution in [0.5, 0.6) is 0 Å². The molecule has 0 unspecified atom stereocenters. The Bertz CT molecular complexity index is 288. The topological polar surface area (TPSA) is 29.5 Å². The molecule has 1 saturated heterocycles. The highest BCUT2D eigenvalue weighted by atomic mass is 16.6. The highest BCUT2D eigenvalue weighted by molar-refractivity contribution is 5.68. The summed E-state index contributed by atoms with van der Waals surface area (Å²) >= 11 is 0. The minimum atomic E-state index is -0.386. The molecule has 0 radical (unpaired) electrons. The smallest absolute Gasteiger partial charge is 0.410 e. The molecule has 3 nitrogen and oxygen atoms in total. The van der Waals surface area contributed by atoms with E-state index in [0.717, 1.165) is 25.9 Å². The second-order valence-electron chi connectivity index (χ2n) is 5.85. The van der Waals surface area contributed by atoms with Crippen molar-refractivity contribution in [3.63, 3.8) is 0 Å². The van der Waals surface area contributed by atoms with Crippen molar-refractivity contribution in [2.24, 2.45) is 11.8 Å². The van der Waals surface area contributed by atoms with Gasteiger partial charge in [0.15, 0.2) is 0 Å². The minimum Gasteiger partial charge on any atom is -0.444 e. The van der Waals surface area contributed by atoms with E-state index >= 15 is 0 Å². The Morgan fingerprint density at radius 2 is 1.69 bits per heavy atom. The molecule has 90 valence electrons. The quantitative estimate of drug-likeness (QED) is 0.591. The van der Waals surface area contributed by atoms with Crippen molar-refractivity contribution in [2.75, 3.05) is 13.1 Å². The zero-order valence-electron chi connectivity index (χ0n) is 10.4. The molecule has 16 heavy (non-hydrogen) atoms. The summed E-state index contributed by atoms with van der Waals surface area (Å²) < 4.78 is 5.39. The number of fused-ring (bicyclic) bond motifs is 1. The number of rotatable bonds is 0. The average Bonchev–Trinajstić information content (AvgIpc) is 2.58. The largest absolute Gasteiger partial charge is 0.444 e. The van der Waals surface area contributed by atoms with Gasteiger partial charge in [0.2, 0.25) is 0 Å². The summed E-state index contributed by atoms with van der Waals surface area (Å²) in [5.74, 6) is 1.30. The van der Waals surface area contributed by atoms with Crippen molar-refractivity contribution < 1.29 is 9.53 Å². The molecule has 0 saturated carbocycles. The van der Waals surface area contributed by atoms with Gasteiger partial charge in [-0.15, -0.1) is 0 Å². The molecular formula is C13H21NO2. The van der Waals surface area contributed by atoms with Crippen LogP contribution in [0.15, 0.2) is 12.2 Å². The molecule has 1 aliphatic heterocycles. The fourth-order valence-electron chi connectivity index (χ4n) is 2.49. The molecule has 3 heteroatoms. The lowest BCUT2D eigenvalue weighted by molar-refractivity contribution is 0.0284. The van der Waals surface area contributed by atoms with Crippen LogP contribution in [0.4, 0.5) is 4.79 Å². The molecule has 0 N–H and O–H groups in total. The summed E-state index contributed by atoms with van der Waals surface area (Å²) in [5, 5.41) is 0. The SMILES string of the molecule is CC(C)(C)OC(=O)N1C[C@H]2CC=CC[C@@H]2C1. The fraction of sp³-hybridized carbons (Fsp3) is 0.769. The van der Waals surface area contributed by atoms with Crippen molar-refractivity contribution in [2.45, 2.75) is 39.2 Å². The summed E-state index contributed by atoms with van der Waals surface area (Å²) in [4.78, 5) is 13.8. The number of likely N-dealkylation sites (tertiary alicyclic amines) is 1. The van der Waals surface area contributed by atoms with Crippen LogP contribution in [0.25, 0.3) is 0 Å². The van der Waals surface area contributed by atoms with Crippen LogP contribution in [0, 0.1) is 11.8 Å². The summed E-state index contributed by atoms with van der Waals surface area (Å²) in [7, 11) is 0. The summed E-state index contributed by atoms with van der Waals surface area (Å²) in [5.41, 5.74) is -0.386. The standard InChI is InChI=1S/C13H21NO2/c1-13(2,3)16-12(15)14-8-10-6-4-5-7-11(10)9-14/h4-5,10-11H,6-9H2,1-3H3/t10-,11-/m1/s1. The van der Waals surface area contributed by atoms with Crippen LogP contribution in [-0.4, -0.2) is 29.7 Å². The number of hydrogen-bond donors (Lipinski definition) is 0. The lowest BCUT2D eigenvalue weighted by atomic mass is 9.86. The maximum atomic E-state index is 11.9. The molecule has 1 heterocycles. The molecule has 0 bridgehead atoms. The van der Waals surface area contributed by atoms with Crippen LogP contribution in [0.3, 0.4) is 0 Å². The molecule has 1 fully saturated rings. The maximum absolute atomic E-state index is 11.9. The zero-order valence-corrected chi connectivity index (χ0v) is 10.4. The van der Waals surface area contributed by atoms with Crippen LogP contribution in [0.2, 0.25) is 0 Å². The molecule has 0 spiro atoms. The number of carbonyl (C=O) groups is 1. The first-order valence-electron chi connectivity index (χ1n) is 6.08. The molecule has 0 aromatic heterocycles. The second kappa shape index (κ2) is 4.11. The third kappa shape index (κ3) is 2.57. The van der Waals surface area contributed by atoms with Crippen molar-refractivity contribution in [3.8, 4) is 0 Å². The first-order valence-corrected chi connectivity index (χ1v) is 6.08. The molecule has 2 rings (SSSR count). The number of hydrogen-bond acceptors (Lipinski definition) is 2. The average molecular weight is 223 g/mol. The van der Waals surface area contributed by atoms with Crippen LogP contribution < -0.4 is 0 Å². The third-order valence-corrected chi connectivity index (χ3v) is 3.27. The van der Waals surface area contributed by atoms with Crippen molar-refractivity contribution >= 4 is 6.09 Å². The zero-order chi connectivity index (χ0) is 11.8. The summed E-state index contributed by atoms with van der Waals surface area (Å²) in [6.07, 6.45) is 6.55. The van der Waals surface area contributed by atoms with E-state index < -0.39 is 0 Å². The first-order chi connectivity index (χ1) is 7.46. The molecule has 0 aromatic rings. The predicted molar refractivity (Wildman–Crippen MR) is 63.2 cm³/mol. The van der Waals surface area contributed by atoms with E-state index in [2.05, 4.69) is 12.2 Å². The van der Waals surface area contributed by atoms with Gasteiger partial charge in [-0.2, -0.15) is 0 Å².